The topological polar surface area (TPSA) is 52.0 Å². The quantitative estimate of drug-likeness (QED) is 0.140. The molecule has 0 spiro atoms. The van der Waals surface area contributed by atoms with E-state index in [0.29, 0.717) is 11.5 Å². The van der Waals surface area contributed by atoms with Crippen molar-refractivity contribution in [2.45, 2.75) is 37.7 Å². The van der Waals surface area contributed by atoms with Crippen molar-refractivity contribution in [2.75, 3.05) is 18.7 Å². The molecule has 0 saturated heterocycles. The Hall–Kier alpha value is -0.600. The summed E-state index contributed by atoms with van der Waals surface area (Å²) in [6.45, 7) is 4.17. The predicted molar refractivity (Wildman–Crippen MR) is 131 cm³/mol. The Morgan fingerprint density at radius 1 is 1.32 bits per heavy atom. The van der Waals surface area contributed by atoms with Crippen LogP contribution in [-0.2, 0) is 4.74 Å². The van der Waals surface area contributed by atoms with Crippen LogP contribution in [0.2, 0.25) is 5.15 Å². The van der Waals surface area contributed by atoms with Crippen molar-refractivity contribution in [3.63, 3.8) is 0 Å². The maximum atomic E-state index is 6.31. The summed E-state index contributed by atoms with van der Waals surface area (Å²) in [5, 5.41) is 3.98. The summed E-state index contributed by atoms with van der Waals surface area (Å²) in [6, 6.07) is 8.27. The van der Waals surface area contributed by atoms with Crippen molar-refractivity contribution in [1.29, 1.82) is 0 Å². The number of aromatic nitrogens is 3. The van der Waals surface area contributed by atoms with Gasteiger partial charge in [0.05, 0.1) is 23.9 Å². The first-order valence-electron chi connectivity index (χ1n) is 8.92. The molecule has 0 amide bonds. The van der Waals surface area contributed by atoms with Crippen molar-refractivity contribution in [1.82, 2.24) is 14.3 Å². The fourth-order valence-corrected chi connectivity index (χ4v) is 6.08. The van der Waals surface area contributed by atoms with Gasteiger partial charge in [0.2, 0.25) is 0 Å². The second-order valence-corrected chi connectivity index (χ2v) is 9.64. The van der Waals surface area contributed by atoms with Gasteiger partial charge >= 0.3 is 0 Å². The number of rotatable bonds is 8. The van der Waals surface area contributed by atoms with E-state index in [9.17, 15) is 0 Å². The third kappa shape index (κ3) is 4.59. The van der Waals surface area contributed by atoms with E-state index in [4.69, 9.17) is 21.3 Å². The molecule has 1 aromatic carbocycles. The van der Waals surface area contributed by atoms with Gasteiger partial charge in [0.15, 0.2) is 5.65 Å². The first-order chi connectivity index (χ1) is 13.5. The van der Waals surface area contributed by atoms with Crippen LogP contribution in [0, 0.1) is 6.92 Å². The van der Waals surface area contributed by atoms with Gasteiger partial charge in [-0.25, -0.2) is 9.97 Å². The Balaban J connectivity index is 2.02. The maximum absolute atomic E-state index is 6.31. The number of nitrogens with one attached hydrogen (secondary N) is 1. The minimum absolute atomic E-state index is 0.120. The first-order valence-corrected chi connectivity index (χ1v) is 14.6. The van der Waals surface area contributed by atoms with Crippen molar-refractivity contribution in [2.24, 2.45) is 0 Å². The van der Waals surface area contributed by atoms with Crippen LogP contribution in [0.5, 0.6) is 0 Å². The number of fused-ring (bicyclic) bond motifs is 1. The minimum atomic E-state index is 0.120. The third-order valence-electron chi connectivity index (χ3n) is 4.54. The number of hydrogen-bond donors (Lipinski definition) is 1. The van der Waals surface area contributed by atoms with E-state index in [0.717, 1.165) is 46.1 Å². The molecule has 3 aromatic rings. The lowest BCUT2D eigenvalue weighted by Crippen LogP contribution is -2.02. The van der Waals surface area contributed by atoms with E-state index in [1.54, 1.807) is 18.9 Å². The molecule has 150 valence electrons. The highest BCUT2D eigenvalue weighted by molar-refractivity contribution is 14.2. The number of ether oxygens (including phenoxy) is 1. The lowest BCUT2D eigenvalue weighted by Gasteiger charge is -2.18. The summed E-state index contributed by atoms with van der Waals surface area (Å²) >= 11 is 10.3. The summed E-state index contributed by atoms with van der Waals surface area (Å²) in [5.74, 6) is 0.934. The monoisotopic (exact) mass is 548 g/mol. The highest BCUT2D eigenvalue weighted by Gasteiger charge is 2.16. The van der Waals surface area contributed by atoms with Gasteiger partial charge in [0.1, 0.15) is 16.5 Å². The maximum Gasteiger partial charge on any atom is 0.167 e. The number of methoxy groups -OCH3 is 1. The van der Waals surface area contributed by atoms with Crippen LogP contribution in [0.15, 0.2) is 29.2 Å². The third-order valence-corrected chi connectivity index (χ3v) is 7.66. The molecule has 3 rings (SSSR count). The van der Waals surface area contributed by atoms with Crippen LogP contribution in [0.1, 0.15) is 37.3 Å². The second-order valence-electron chi connectivity index (χ2n) is 6.34. The van der Waals surface area contributed by atoms with Gasteiger partial charge in [-0.15, -0.1) is 11.8 Å². The zero-order valence-corrected chi connectivity index (χ0v) is 20.9. The van der Waals surface area contributed by atoms with Gasteiger partial charge in [0.25, 0.3) is 0 Å². The second kappa shape index (κ2) is 9.94. The molecule has 9 heteroatoms. The summed E-state index contributed by atoms with van der Waals surface area (Å²) in [5.41, 5.74) is 4.73. The molecule has 0 fully saturated rings. The molecule has 28 heavy (non-hydrogen) atoms. The van der Waals surface area contributed by atoms with E-state index in [1.165, 1.54) is 5.56 Å². The van der Waals surface area contributed by atoms with E-state index < -0.39 is 0 Å². The van der Waals surface area contributed by atoms with Crippen LogP contribution in [0.3, 0.4) is 0 Å². The summed E-state index contributed by atoms with van der Waals surface area (Å²) in [7, 11) is 1.77. The molecule has 2 unspecified atom stereocenters. The molecule has 1 N–H and O–H groups in total. The summed E-state index contributed by atoms with van der Waals surface area (Å²) in [6.07, 6.45) is 4.81. The average Bonchev–Trinajstić information content (AvgIpc) is 3.01. The van der Waals surface area contributed by atoms with Crippen molar-refractivity contribution in [3.05, 3.63) is 40.8 Å². The molecule has 2 heterocycles. The molecule has 0 saturated carbocycles. The number of nitrogens with zero attached hydrogens (tertiary/aromatic N) is 3. The zero-order chi connectivity index (χ0) is 20.3. The molecular formula is C19H23ClIN4OPS. The average molecular weight is 549 g/mol. The van der Waals surface area contributed by atoms with E-state index >= 15 is 0 Å². The van der Waals surface area contributed by atoms with Crippen molar-refractivity contribution >= 4 is 74.3 Å². The Bertz CT molecular complexity index is 984. The number of halogens is 2. The van der Waals surface area contributed by atoms with Crippen LogP contribution in [0.4, 0.5) is 11.4 Å². The fraction of sp³-hybridized carbons (Fsp3) is 0.368. The zero-order valence-electron chi connectivity index (χ0n) is 16.2. The molecule has 2 atom stereocenters. The van der Waals surface area contributed by atoms with Gasteiger partial charge in [-0.1, -0.05) is 31.0 Å². The van der Waals surface area contributed by atoms with E-state index in [2.05, 4.69) is 68.1 Å². The van der Waals surface area contributed by atoms with Crippen molar-refractivity contribution < 1.29 is 4.74 Å². The number of anilines is 2. The predicted octanol–water partition coefficient (Wildman–Crippen LogP) is 7.14. The minimum Gasteiger partial charge on any atom is -0.377 e. The molecule has 0 bridgehead atoms. The summed E-state index contributed by atoms with van der Waals surface area (Å²) < 4.78 is 7.75. The standard InChI is InChI=1S/C19H23ClIN4OPS/c1-5-6-15(26-3)12-7-8-13(16(9-12)28-4)23-14-10-17(20)24-19-18(14)22-11(2)25(19)27-21/h7-10,15,27H,5-6H2,1-4H3,(H,23,24). The van der Waals surface area contributed by atoms with Gasteiger partial charge in [-0.05, 0) is 59.3 Å². The van der Waals surface area contributed by atoms with Crippen LogP contribution in [0.25, 0.3) is 11.2 Å². The molecule has 0 aliphatic carbocycles. The van der Waals surface area contributed by atoms with Gasteiger partial charge in [0, 0.05) is 18.1 Å². The van der Waals surface area contributed by atoms with Gasteiger partial charge in [-0.2, -0.15) is 0 Å². The molecule has 5 nitrogen and oxygen atoms in total. The Kier molecular flexibility index (Phi) is 7.84. The Morgan fingerprint density at radius 3 is 2.75 bits per heavy atom. The number of imidazole rings is 1. The van der Waals surface area contributed by atoms with Crippen molar-refractivity contribution in [3.8, 4) is 0 Å². The number of benzene rings is 1. The van der Waals surface area contributed by atoms with Gasteiger partial charge < -0.3 is 10.1 Å². The normalized spacial score (nSPS) is 12.9. The van der Waals surface area contributed by atoms with Gasteiger partial charge in [-0.3, -0.25) is 4.34 Å². The number of pyridine rings is 1. The number of hydrogen-bond acceptors (Lipinski definition) is 5. The number of thioether (sulfide) groups is 1. The highest BCUT2D eigenvalue weighted by atomic mass is 127. The smallest absolute Gasteiger partial charge is 0.167 e. The Morgan fingerprint density at radius 2 is 2.11 bits per heavy atom. The van der Waals surface area contributed by atoms with E-state index in [-0.39, 0.29) is 6.10 Å². The van der Waals surface area contributed by atoms with Crippen LogP contribution in [-0.4, -0.2) is 27.7 Å². The largest absolute Gasteiger partial charge is 0.377 e. The lowest BCUT2D eigenvalue weighted by atomic mass is 10.0. The molecule has 0 aliphatic rings. The molecule has 2 aromatic heterocycles. The van der Waals surface area contributed by atoms with Crippen LogP contribution >= 0.6 is 51.8 Å². The highest BCUT2D eigenvalue weighted by Crippen LogP contribution is 2.37. The SMILES string of the molecule is CCCC(OC)c1ccc(Nc2cc(Cl)nc3c2nc(C)n3PI)c(SC)c1. The summed E-state index contributed by atoms with van der Waals surface area (Å²) in [4.78, 5) is 10.4. The molecule has 0 radical (unpaired) electrons. The lowest BCUT2D eigenvalue weighted by molar-refractivity contribution is 0.0948. The van der Waals surface area contributed by atoms with E-state index in [1.807, 2.05) is 13.0 Å². The molecule has 0 aliphatic heterocycles. The Labute approximate surface area is 189 Å². The first kappa shape index (κ1) is 22.1. The number of aryl methyl sites for hydroxylation is 1. The molecular weight excluding hydrogens is 526 g/mol. The van der Waals surface area contributed by atoms with Crippen LogP contribution < -0.4 is 5.32 Å². The fourth-order valence-electron chi connectivity index (χ4n) is 3.16.